The normalized spacial score (nSPS) is 14.8. The molecule has 0 aromatic heterocycles. The summed E-state index contributed by atoms with van der Waals surface area (Å²) in [6.45, 7) is 5.50. The van der Waals surface area contributed by atoms with Gasteiger partial charge in [0.25, 0.3) is 0 Å². The summed E-state index contributed by atoms with van der Waals surface area (Å²) < 4.78 is 5.21. The Labute approximate surface area is 109 Å². The highest BCUT2D eigenvalue weighted by molar-refractivity contribution is 5.84. The Balaban J connectivity index is 2.49. The molecule has 100 valence electrons. The smallest absolute Gasteiger partial charge is 0.411 e. The molecule has 1 saturated carbocycles. The summed E-state index contributed by atoms with van der Waals surface area (Å²) in [6, 6.07) is 0. The van der Waals surface area contributed by atoms with Gasteiger partial charge in [-0.2, -0.15) is 0 Å². The van der Waals surface area contributed by atoms with Crippen molar-refractivity contribution in [3.63, 3.8) is 0 Å². The maximum Gasteiger partial charge on any atom is 0.411 e. The Morgan fingerprint density at radius 1 is 1.39 bits per heavy atom. The van der Waals surface area contributed by atoms with Gasteiger partial charge in [-0.1, -0.05) is 5.92 Å². The number of ketones is 1. The van der Waals surface area contributed by atoms with Crippen molar-refractivity contribution in [1.29, 1.82) is 0 Å². The first-order valence-corrected chi connectivity index (χ1v) is 6.25. The highest BCUT2D eigenvalue weighted by atomic mass is 16.6. The lowest BCUT2D eigenvalue weighted by Gasteiger charge is -2.25. The summed E-state index contributed by atoms with van der Waals surface area (Å²) >= 11 is 0. The molecule has 0 aromatic rings. The van der Waals surface area contributed by atoms with Gasteiger partial charge in [-0.05, 0) is 39.5 Å². The summed E-state index contributed by atoms with van der Waals surface area (Å²) in [6.07, 6.45) is 7.47. The summed E-state index contributed by atoms with van der Waals surface area (Å²) in [7, 11) is 0. The van der Waals surface area contributed by atoms with E-state index < -0.39 is 11.7 Å². The lowest BCUT2D eigenvalue weighted by atomic mass is 10.2. The third-order valence-electron chi connectivity index (χ3n) is 2.51. The van der Waals surface area contributed by atoms with Crippen LogP contribution in [0, 0.1) is 18.3 Å². The SMILES string of the molecule is C#CCN(CC(=O)CC1CC1)C(=O)OC(C)(C)C. The highest BCUT2D eigenvalue weighted by Crippen LogP contribution is 2.32. The number of rotatable bonds is 5. The fraction of sp³-hybridized carbons (Fsp3) is 0.714. The number of hydrogen-bond donors (Lipinski definition) is 0. The average molecular weight is 251 g/mol. The zero-order chi connectivity index (χ0) is 13.8. The number of hydrogen-bond acceptors (Lipinski definition) is 3. The van der Waals surface area contributed by atoms with Gasteiger partial charge in [-0.3, -0.25) is 9.69 Å². The van der Waals surface area contributed by atoms with Crippen LogP contribution >= 0.6 is 0 Å². The predicted molar refractivity (Wildman–Crippen MR) is 69.0 cm³/mol. The average Bonchev–Trinajstić information content (AvgIpc) is 2.98. The monoisotopic (exact) mass is 251 g/mol. The van der Waals surface area contributed by atoms with Crippen LogP contribution in [0.3, 0.4) is 0 Å². The van der Waals surface area contributed by atoms with Crippen LogP contribution in [-0.2, 0) is 9.53 Å². The minimum absolute atomic E-state index is 0.0512. The van der Waals surface area contributed by atoms with Gasteiger partial charge in [0.1, 0.15) is 5.60 Å². The van der Waals surface area contributed by atoms with Crippen molar-refractivity contribution in [2.75, 3.05) is 13.1 Å². The van der Waals surface area contributed by atoms with Gasteiger partial charge in [0.05, 0.1) is 13.1 Å². The number of Topliss-reactive ketones (excluding diaryl/α,β-unsaturated/α-hetero) is 1. The van der Waals surface area contributed by atoms with E-state index in [9.17, 15) is 9.59 Å². The second kappa shape index (κ2) is 5.90. The number of terminal acetylenes is 1. The molecule has 0 bridgehead atoms. The molecule has 4 heteroatoms. The van der Waals surface area contributed by atoms with E-state index in [1.807, 2.05) is 0 Å². The molecular weight excluding hydrogens is 230 g/mol. The van der Waals surface area contributed by atoms with Crippen molar-refractivity contribution in [2.45, 2.75) is 45.6 Å². The fourth-order valence-corrected chi connectivity index (χ4v) is 1.54. The zero-order valence-electron chi connectivity index (χ0n) is 11.4. The highest BCUT2D eigenvalue weighted by Gasteiger charge is 2.27. The van der Waals surface area contributed by atoms with Gasteiger partial charge in [0, 0.05) is 6.42 Å². The lowest BCUT2D eigenvalue weighted by molar-refractivity contribution is -0.120. The van der Waals surface area contributed by atoms with E-state index in [1.165, 1.54) is 4.90 Å². The second-order valence-electron chi connectivity index (χ2n) is 5.73. The first-order valence-electron chi connectivity index (χ1n) is 6.25. The maximum absolute atomic E-state index is 11.8. The van der Waals surface area contributed by atoms with Gasteiger partial charge in [-0.15, -0.1) is 6.42 Å². The molecule has 1 rings (SSSR count). The molecule has 0 radical (unpaired) electrons. The van der Waals surface area contributed by atoms with Crippen molar-refractivity contribution in [3.05, 3.63) is 0 Å². The molecule has 0 aliphatic heterocycles. The Morgan fingerprint density at radius 3 is 2.44 bits per heavy atom. The first kappa shape index (κ1) is 14.6. The number of nitrogens with zero attached hydrogens (tertiary/aromatic N) is 1. The van der Waals surface area contributed by atoms with Crippen LogP contribution in [0.1, 0.15) is 40.0 Å². The molecule has 1 fully saturated rings. The third kappa shape index (κ3) is 5.72. The molecule has 1 aliphatic carbocycles. The zero-order valence-corrected chi connectivity index (χ0v) is 11.4. The molecule has 0 unspecified atom stereocenters. The molecule has 0 N–H and O–H groups in total. The number of carbonyl (C=O) groups is 2. The minimum Gasteiger partial charge on any atom is -0.444 e. The van der Waals surface area contributed by atoms with Crippen LogP contribution in [-0.4, -0.2) is 35.5 Å². The van der Waals surface area contributed by atoms with Crippen molar-refractivity contribution in [2.24, 2.45) is 5.92 Å². The van der Waals surface area contributed by atoms with Gasteiger partial charge in [-0.25, -0.2) is 4.79 Å². The van der Waals surface area contributed by atoms with E-state index >= 15 is 0 Å². The van der Waals surface area contributed by atoms with Crippen LogP contribution in [0.15, 0.2) is 0 Å². The molecule has 4 nitrogen and oxygen atoms in total. The van der Waals surface area contributed by atoms with E-state index in [-0.39, 0.29) is 18.9 Å². The van der Waals surface area contributed by atoms with E-state index in [4.69, 9.17) is 11.2 Å². The van der Waals surface area contributed by atoms with Crippen molar-refractivity contribution in [3.8, 4) is 12.3 Å². The van der Waals surface area contributed by atoms with Crippen LogP contribution in [0.4, 0.5) is 4.79 Å². The molecule has 1 aliphatic rings. The van der Waals surface area contributed by atoms with E-state index in [0.717, 1.165) is 12.8 Å². The maximum atomic E-state index is 11.8. The lowest BCUT2D eigenvalue weighted by Crippen LogP contribution is -2.40. The van der Waals surface area contributed by atoms with Gasteiger partial charge in [0.2, 0.25) is 0 Å². The van der Waals surface area contributed by atoms with Crippen molar-refractivity contribution < 1.29 is 14.3 Å². The van der Waals surface area contributed by atoms with Crippen LogP contribution < -0.4 is 0 Å². The van der Waals surface area contributed by atoms with Crippen LogP contribution in [0.5, 0.6) is 0 Å². The molecule has 1 amide bonds. The summed E-state index contributed by atoms with van der Waals surface area (Å²) in [5.74, 6) is 2.95. The second-order valence-corrected chi connectivity index (χ2v) is 5.73. The van der Waals surface area contributed by atoms with E-state index in [2.05, 4.69) is 5.92 Å². The Kier molecular flexibility index (Phi) is 4.77. The van der Waals surface area contributed by atoms with E-state index in [1.54, 1.807) is 20.8 Å². The Bertz CT molecular complexity index is 358. The standard InChI is InChI=1S/C14H21NO3/c1-5-8-15(13(17)18-14(2,3)4)10-12(16)9-11-6-7-11/h1,11H,6-10H2,2-4H3. The number of ether oxygens (including phenoxy) is 1. The molecule has 0 spiro atoms. The van der Waals surface area contributed by atoms with Crippen LogP contribution in [0.25, 0.3) is 0 Å². The van der Waals surface area contributed by atoms with Crippen molar-refractivity contribution >= 4 is 11.9 Å². The topological polar surface area (TPSA) is 46.6 Å². The van der Waals surface area contributed by atoms with Gasteiger partial charge >= 0.3 is 6.09 Å². The molecule has 0 saturated heterocycles. The molecule has 0 atom stereocenters. The third-order valence-corrected chi connectivity index (χ3v) is 2.51. The van der Waals surface area contributed by atoms with E-state index in [0.29, 0.717) is 12.3 Å². The number of carbonyl (C=O) groups excluding carboxylic acids is 2. The Hall–Kier alpha value is -1.50. The van der Waals surface area contributed by atoms with Gasteiger partial charge in [0.15, 0.2) is 5.78 Å². The largest absolute Gasteiger partial charge is 0.444 e. The minimum atomic E-state index is -0.580. The quantitative estimate of drug-likeness (QED) is 0.704. The molecule has 0 aromatic carbocycles. The first-order chi connectivity index (χ1) is 8.31. The summed E-state index contributed by atoms with van der Waals surface area (Å²) in [5, 5.41) is 0. The molecule has 18 heavy (non-hydrogen) atoms. The fourth-order valence-electron chi connectivity index (χ4n) is 1.54. The summed E-state index contributed by atoms with van der Waals surface area (Å²) in [4.78, 5) is 24.9. The Morgan fingerprint density at radius 2 is 2.00 bits per heavy atom. The molecular formula is C14H21NO3. The van der Waals surface area contributed by atoms with Gasteiger partial charge < -0.3 is 4.74 Å². The summed E-state index contributed by atoms with van der Waals surface area (Å²) in [5.41, 5.74) is -0.580. The van der Waals surface area contributed by atoms with Crippen LogP contribution in [0.2, 0.25) is 0 Å². The predicted octanol–water partition coefficient (Wildman–Crippen LogP) is 2.23. The molecule has 0 heterocycles. The van der Waals surface area contributed by atoms with Crippen molar-refractivity contribution in [1.82, 2.24) is 4.90 Å². The number of amides is 1.